The molecule has 1 atom stereocenters. The zero-order valence-electron chi connectivity index (χ0n) is 8.43. The van der Waals surface area contributed by atoms with Gasteiger partial charge in [-0.05, 0) is 11.6 Å². The number of halogens is 1. The summed E-state index contributed by atoms with van der Waals surface area (Å²) in [5, 5.41) is 4.95. The molecule has 16 heavy (non-hydrogen) atoms. The van der Waals surface area contributed by atoms with Crippen molar-refractivity contribution in [1.82, 2.24) is 10.3 Å². The Hall–Kier alpha value is -0.910. The van der Waals surface area contributed by atoms with E-state index >= 15 is 0 Å². The molecule has 0 saturated heterocycles. The molecule has 0 aliphatic carbocycles. The van der Waals surface area contributed by atoms with Gasteiger partial charge in [0.05, 0.1) is 10.8 Å². The van der Waals surface area contributed by atoms with Crippen LogP contribution < -0.4 is 5.32 Å². The maximum atomic E-state index is 11.2. The molecule has 2 rings (SSSR count). The van der Waals surface area contributed by atoms with Gasteiger partial charge < -0.3 is 5.32 Å². The van der Waals surface area contributed by atoms with E-state index in [0.29, 0.717) is 11.6 Å². The summed E-state index contributed by atoms with van der Waals surface area (Å²) in [6.07, 6.45) is 4.88. The van der Waals surface area contributed by atoms with Crippen LogP contribution in [0, 0.1) is 0 Å². The molecule has 6 heteroatoms. The van der Waals surface area contributed by atoms with E-state index in [0.717, 1.165) is 5.56 Å². The average molecular weight is 259 g/mol. The van der Waals surface area contributed by atoms with Crippen molar-refractivity contribution in [2.75, 3.05) is 5.75 Å². The second kappa shape index (κ2) is 4.53. The first-order valence-electron chi connectivity index (χ1n) is 4.79. The van der Waals surface area contributed by atoms with E-state index in [2.05, 4.69) is 10.3 Å². The van der Waals surface area contributed by atoms with Crippen molar-refractivity contribution in [3.8, 4) is 0 Å². The lowest BCUT2D eigenvalue weighted by Crippen LogP contribution is -2.29. The van der Waals surface area contributed by atoms with Crippen LogP contribution in [0.1, 0.15) is 5.56 Å². The maximum Gasteiger partial charge on any atom is 0.173 e. The van der Waals surface area contributed by atoms with Crippen LogP contribution in [0.5, 0.6) is 0 Å². The lowest BCUT2D eigenvalue weighted by Gasteiger charge is -2.10. The van der Waals surface area contributed by atoms with Crippen LogP contribution in [0.2, 0.25) is 5.02 Å². The van der Waals surface area contributed by atoms with Gasteiger partial charge >= 0.3 is 0 Å². The number of hydrogen-bond donors (Lipinski definition) is 1. The van der Waals surface area contributed by atoms with Crippen molar-refractivity contribution in [3.63, 3.8) is 0 Å². The van der Waals surface area contributed by atoms with Crippen LogP contribution in [-0.4, -0.2) is 25.2 Å². The zero-order chi connectivity index (χ0) is 11.6. The van der Waals surface area contributed by atoms with E-state index in [1.165, 1.54) is 5.41 Å². The molecular formula is C10H11ClN2O2S. The van der Waals surface area contributed by atoms with E-state index < -0.39 is 9.84 Å². The highest BCUT2D eigenvalue weighted by Crippen LogP contribution is 2.14. The third-order valence-electron chi connectivity index (χ3n) is 2.34. The molecule has 0 saturated carbocycles. The molecular weight excluding hydrogens is 248 g/mol. The first-order valence-corrected chi connectivity index (χ1v) is 6.89. The third kappa shape index (κ3) is 2.81. The summed E-state index contributed by atoms with van der Waals surface area (Å²) in [5.74, 6) is 0.121. The predicted molar refractivity (Wildman–Crippen MR) is 62.8 cm³/mol. The molecule has 1 unspecified atom stereocenters. The van der Waals surface area contributed by atoms with Gasteiger partial charge in [0.2, 0.25) is 0 Å². The lowest BCUT2D eigenvalue weighted by molar-refractivity contribution is 0.590. The molecule has 0 amide bonds. The standard InChI is InChI=1S/C10H11ClN2O2S/c11-10-6-12-3-1-8(10)5-13-9-2-4-16(14,15)7-9/h1-4,6,9,13H,5,7H2. The molecule has 1 aliphatic rings. The second-order valence-corrected chi connectivity index (χ2v) is 5.95. The van der Waals surface area contributed by atoms with Gasteiger partial charge in [0, 0.05) is 30.4 Å². The second-order valence-electron chi connectivity index (χ2n) is 3.61. The molecule has 1 N–H and O–H groups in total. The van der Waals surface area contributed by atoms with E-state index in [4.69, 9.17) is 11.6 Å². The quantitative estimate of drug-likeness (QED) is 0.883. The first kappa shape index (κ1) is 11.6. The van der Waals surface area contributed by atoms with Crippen LogP contribution in [0.15, 0.2) is 29.9 Å². The van der Waals surface area contributed by atoms with E-state index in [1.807, 2.05) is 6.07 Å². The van der Waals surface area contributed by atoms with Crippen LogP contribution in [-0.2, 0) is 16.4 Å². The maximum absolute atomic E-state index is 11.2. The minimum atomic E-state index is -3.00. The molecule has 2 heterocycles. The van der Waals surface area contributed by atoms with Crippen molar-refractivity contribution in [2.45, 2.75) is 12.6 Å². The number of pyridine rings is 1. The predicted octanol–water partition coefficient (Wildman–Crippen LogP) is 1.14. The SMILES string of the molecule is O=S1(=O)C=CC(NCc2ccncc2Cl)C1. The first-order chi connectivity index (χ1) is 7.57. The summed E-state index contributed by atoms with van der Waals surface area (Å²) in [5.41, 5.74) is 0.911. The number of sulfone groups is 1. The third-order valence-corrected chi connectivity index (χ3v) is 4.08. The number of nitrogens with zero attached hydrogens (tertiary/aromatic N) is 1. The fourth-order valence-corrected chi connectivity index (χ4v) is 2.95. The Morgan fingerprint density at radius 1 is 1.56 bits per heavy atom. The monoisotopic (exact) mass is 258 g/mol. The van der Waals surface area contributed by atoms with Crippen LogP contribution in [0.3, 0.4) is 0 Å². The highest BCUT2D eigenvalue weighted by Gasteiger charge is 2.20. The number of nitrogens with one attached hydrogen (secondary N) is 1. The fourth-order valence-electron chi connectivity index (χ4n) is 1.49. The zero-order valence-corrected chi connectivity index (χ0v) is 10.0. The van der Waals surface area contributed by atoms with Crippen molar-refractivity contribution >= 4 is 21.4 Å². The molecule has 1 aromatic rings. The van der Waals surface area contributed by atoms with Gasteiger partial charge in [0.15, 0.2) is 9.84 Å². The summed E-state index contributed by atoms with van der Waals surface area (Å²) < 4.78 is 22.3. The van der Waals surface area contributed by atoms with E-state index in [9.17, 15) is 8.42 Å². The normalized spacial score (nSPS) is 22.4. The van der Waals surface area contributed by atoms with Gasteiger partial charge in [0.1, 0.15) is 0 Å². The van der Waals surface area contributed by atoms with Gasteiger partial charge in [-0.2, -0.15) is 0 Å². The molecule has 0 spiro atoms. The average Bonchev–Trinajstić information content (AvgIpc) is 2.57. The summed E-state index contributed by atoms with van der Waals surface area (Å²) >= 11 is 5.93. The molecule has 0 fully saturated rings. The van der Waals surface area contributed by atoms with Gasteiger partial charge in [-0.3, -0.25) is 4.98 Å². The smallest absolute Gasteiger partial charge is 0.173 e. The Labute approximate surface area is 99.3 Å². The van der Waals surface area contributed by atoms with Crippen molar-refractivity contribution < 1.29 is 8.42 Å². The Morgan fingerprint density at radius 3 is 3.00 bits per heavy atom. The minimum Gasteiger partial charge on any atom is -0.305 e. The highest BCUT2D eigenvalue weighted by atomic mass is 35.5. The Kier molecular flexibility index (Phi) is 3.28. The highest BCUT2D eigenvalue weighted by molar-refractivity contribution is 7.94. The van der Waals surface area contributed by atoms with Crippen molar-refractivity contribution in [2.24, 2.45) is 0 Å². The lowest BCUT2D eigenvalue weighted by atomic mass is 10.2. The summed E-state index contributed by atoms with van der Waals surface area (Å²) in [4.78, 5) is 3.88. The minimum absolute atomic E-state index is 0.121. The topological polar surface area (TPSA) is 59.1 Å². The molecule has 0 bridgehead atoms. The van der Waals surface area contributed by atoms with Crippen LogP contribution in [0.25, 0.3) is 0 Å². The van der Waals surface area contributed by atoms with Crippen molar-refractivity contribution in [3.05, 3.63) is 40.5 Å². The van der Waals surface area contributed by atoms with Gasteiger partial charge in [0.25, 0.3) is 0 Å². The Morgan fingerprint density at radius 2 is 2.38 bits per heavy atom. The number of hydrogen-bond acceptors (Lipinski definition) is 4. The number of rotatable bonds is 3. The number of aromatic nitrogens is 1. The molecule has 1 aliphatic heterocycles. The summed E-state index contributed by atoms with van der Waals surface area (Å²) in [7, 11) is -3.00. The van der Waals surface area contributed by atoms with E-state index in [1.54, 1.807) is 18.5 Å². The largest absolute Gasteiger partial charge is 0.305 e. The van der Waals surface area contributed by atoms with Gasteiger partial charge in [-0.15, -0.1) is 0 Å². The van der Waals surface area contributed by atoms with Gasteiger partial charge in [-0.1, -0.05) is 17.7 Å². The molecule has 0 aromatic carbocycles. The van der Waals surface area contributed by atoms with E-state index in [-0.39, 0.29) is 11.8 Å². The summed E-state index contributed by atoms with van der Waals surface area (Å²) in [6, 6.07) is 1.68. The molecule has 0 radical (unpaired) electrons. The molecule has 1 aromatic heterocycles. The van der Waals surface area contributed by atoms with Crippen LogP contribution in [0.4, 0.5) is 0 Å². The molecule has 86 valence electrons. The van der Waals surface area contributed by atoms with Crippen LogP contribution >= 0.6 is 11.6 Å². The Bertz CT molecular complexity index is 513. The van der Waals surface area contributed by atoms with Crippen molar-refractivity contribution in [1.29, 1.82) is 0 Å². The fraction of sp³-hybridized carbons (Fsp3) is 0.300. The summed E-state index contributed by atoms with van der Waals surface area (Å²) in [6.45, 7) is 0.534. The van der Waals surface area contributed by atoms with Gasteiger partial charge in [-0.25, -0.2) is 8.42 Å². The molecule has 4 nitrogen and oxygen atoms in total. The Balaban J connectivity index is 1.95.